The van der Waals surface area contributed by atoms with Crippen molar-refractivity contribution in [3.8, 4) is 0 Å². The number of rotatable bonds is 9. The first-order valence-corrected chi connectivity index (χ1v) is 10.7. The Bertz CT molecular complexity index is 773. The molecule has 2 aromatic rings. The molecule has 1 aliphatic rings. The molecule has 6 heteroatoms. The van der Waals surface area contributed by atoms with Gasteiger partial charge in [0.1, 0.15) is 19.8 Å². The van der Waals surface area contributed by atoms with Crippen LogP contribution in [0.3, 0.4) is 0 Å². The zero-order valence-corrected chi connectivity index (χ0v) is 17.9. The molecule has 158 valence electrons. The maximum Gasteiger partial charge on any atom is 0.137 e. The highest BCUT2D eigenvalue weighted by molar-refractivity contribution is 5.92. The van der Waals surface area contributed by atoms with E-state index >= 15 is 0 Å². The van der Waals surface area contributed by atoms with Crippen molar-refractivity contribution in [1.82, 2.24) is 14.8 Å². The highest BCUT2D eigenvalue weighted by atomic mass is 16.6. The zero-order valence-electron chi connectivity index (χ0n) is 17.9. The lowest BCUT2D eigenvalue weighted by molar-refractivity contribution is 0.153. The second-order valence-electron chi connectivity index (χ2n) is 8.42. The number of hydrogen-bond donors (Lipinski definition) is 1. The molecule has 1 N–H and O–H groups in total. The molecule has 1 fully saturated rings. The average Bonchev–Trinajstić information content (AvgIpc) is 3.24. The van der Waals surface area contributed by atoms with Crippen LogP contribution in [-0.2, 0) is 24.2 Å². The summed E-state index contributed by atoms with van der Waals surface area (Å²) in [6.45, 7) is 5.29. The lowest BCUT2D eigenvalue weighted by atomic mass is 9.62. The number of nitrogens with zero attached hydrogens (tertiary/aromatic N) is 4. The number of aromatic nitrogens is 3. The minimum atomic E-state index is -0.144. The highest BCUT2D eigenvalue weighted by Crippen LogP contribution is 2.44. The second kappa shape index (κ2) is 10.0. The molecular formula is C23H34N4O2. The fourth-order valence-electron chi connectivity index (χ4n) is 4.68. The van der Waals surface area contributed by atoms with Crippen LogP contribution >= 0.6 is 0 Å². The standard InChI is InChI=1S/C23H34N4O2/c1-4-18-5-7-19(8-6-18)9-10-20-11-12-23(2,13-14-28)22(26-29-3)21(20)15-27-17-24-16-25-27/h5-8,16-17,20-21,28H,4,9-15H2,1-3H3/t20-,21+,23+/m1/s1. The fourth-order valence-corrected chi connectivity index (χ4v) is 4.68. The van der Waals surface area contributed by atoms with E-state index in [1.807, 2.05) is 4.68 Å². The topological polar surface area (TPSA) is 72.5 Å². The van der Waals surface area contributed by atoms with Crippen LogP contribution in [0.25, 0.3) is 0 Å². The summed E-state index contributed by atoms with van der Waals surface area (Å²) < 4.78 is 1.89. The number of aliphatic hydroxyl groups excluding tert-OH is 1. The maximum absolute atomic E-state index is 9.65. The van der Waals surface area contributed by atoms with Gasteiger partial charge in [0.2, 0.25) is 0 Å². The van der Waals surface area contributed by atoms with E-state index < -0.39 is 0 Å². The van der Waals surface area contributed by atoms with Crippen LogP contribution in [0.5, 0.6) is 0 Å². The van der Waals surface area contributed by atoms with Gasteiger partial charge in [0, 0.05) is 17.9 Å². The number of benzene rings is 1. The van der Waals surface area contributed by atoms with Gasteiger partial charge in [-0.05, 0) is 55.6 Å². The van der Waals surface area contributed by atoms with E-state index in [-0.39, 0.29) is 17.9 Å². The van der Waals surface area contributed by atoms with E-state index in [2.05, 4.69) is 53.4 Å². The van der Waals surface area contributed by atoms with Crippen LogP contribution in [-0.4, -0.2) is 39.3 Å². The molecular weight excluding hydrogens is 364 g/mol. The van der Waals surface area contributed by atoms with Crippen molar-refractivity contribution < 1.29 is 9.94 Å². The van der Waals surface area contributed by atoms with Gasteiger partial charge in [-0.3, -0.25) is 4.68 Å². The first-order valence-electron chi connectivity index (χ1n) is 10.7. The van der Waals surface area contributed by atoms with Gasteiger partial charge in [-0.25, -0.2) is 4.98 Å². The van der Waals surface area contributed by atoms with Crippen molar-refractivity contribution in [3.63, 3.8) is 0 Å². The zero-order chi connectivity index (χ0) is 20.7. The Labute approximate surface area is 174 Å². The predicted molar refractivity (Wildman–Crippen MR) is 115 cm³/mol. The van der Waals surface area contributed by atoms with Crippen molar-refractivity contribution in [1.29, 1.82) is 0 Å². The van der Waals surface area contributed by atoms with Gasteiger partial charge in [-0.2, -0.15) is 5.10 Å². The van der Waals surface area contributed by atoms with Gasteiger partial charge < -0.3 is 9.94 Å². The summed E-state index contributed by atoms with van der Waals surface area (Å²) >= 11 is 0. The Morgan fingerprint density at radius 2 is 2.03 bits per heavy atom. The lowest BCUT2D eigenvalue weighted by Gasteiger charge is -2.43. The molecule has 6 nitrogen and oxygen atoms in total. The number of hydrogen-bond acceptors (Lipinski definition) is 5. The molecule has 3 atom stereocenters. The van der Waals surface area contributed by atoms with Crippen LogP contribution < -0.4 is 0 Å². The van der Waals surface area contributed by atoms with Gasteiger partial charge >= 0.3 is 0 Å². The number of oxime groups is 1. The molecule has 1 aromatic carbocycles. The predicted octanol–water partition coefficient (Wildman–Crippen LogP) is 3.89. The van der Waals surface area contributed by atoms with Crippen LogP contribution in [0.15, 0.2) is 42.1 Å². The van der Waals surface area contributed by atoms with Crippen molar-refractivity contribution >= 4 is 5.71 Å². The van der Waals surface area contributed by atoms with Gasteiger partial charge in [0.15, 0.2) is 0 Å². The molecule has 0 spiro atoms. The van der Waals surface area contributed by atoms with Crippen LogP contribution in [0.1, 0.15) is 50.7 Å². The monoisotopic (exact) mass is 398 g/mol. The summed E-state index contributed by atoms with van der Waals surface area (Å²) in [6.07, 6.45) is 9.41. The van der Waals surface area contributed by atoms with Gasteiger partial charge in [0.05, 0.1) is 12.3 Å². The summed E-state index contributed by atoms with van der Waals surface area (Å²) in [7, 11) is 1.61. The summed E-state index contributed by atoms with van der Waals surface area (Å²) in [5, 5.41) is 18.5. The minimum Gasteiger partial charge on any atom is -0.399 e. The molecule has 29 heavy (non-hydrogen) atoms. The Balaban J connectivity index is 1.80. The van der Waals surface area contributed by atoms with E-state index in [0.717, 1.165) is 44.4 Å². The Hall–Kier alpha value is -2.21. The van der Waals surface area contributed by atoms with Crippen LogP contribution in [0.2, 0.25) is 0 Å². The fraction of sp³-hybridized carbons (Fsp3) is 0.609. The number of aliphatic hydroxyl groups is 1. The molecule has 0 radical (unpaired) electrons. The molecule has 1 saturated carbocycles. The molecule has 1 aromatic heterocycles. The van der Waals surface area contributed by atoms with Gasteiger partial charge in [-0.15, -0.1) is 0 Å². The molecule has 0 unspecified atom stereocenters. The largest absolute Gasteiger partial charge is 0.399 e. The SMILES string of the molecule is CCc1ccc(CC[C@@H]2CC[C@@](C)(CCO)C(=NOC)[C@H]2Cn2cncn2)cc1. The van der Waals surface area contributed by atoms with Crippen molar-refractivity contribution in [3.05, 3.63) is 48.0 Å². The third kappa shape index (κ3) is 5.24. The van der Waals surface area contributed by atoms with Gasteiger partial charge in [0.25, 0.3) is 0 Å². The van der Waals surface area contributed by atoms with Crippen LogP contribution in [0, 0.1) is 17.3 Å². The Kier molecular flexibility index (Phi) is 7.42. The summed E-state index contributed by atoms with van der Waals surface area (Å²) in [4.78, 5) is 9.38. The quantitative estimate of drug-likeness (QED) is 0.651. The summed E-state index contributed by atoms with van der Waals surface area (Å²) in [5.74, 6) is 0.711. The average molecular weight is 399 g/mol. The molecule has 1 heterocycles. The van der Waals surface area contributed by atoms with Gasteiger partial charge in [-0.1, -0.05) is 43.3 Å². The summed E-state index contributed by atoms with van der Waals surface area (Å²) in [5.41, 5.74) is 3.68. The molecule has 0 amide bonds. The Morgan fingerprint density at radius 1 is 1.28 bits per heavy atom. The smallest absolute Gasteiger partial charge is 0.137 e. The maximum atomic E-state index is 9.65. The Morgan fingerprint density at radius 3 is 2.66 bits per heavy atom. The van der Waals surface area contributed by atoms with E-state index in [4.69, 9.17) is 4.84 Å². The third-order valence-electron chi connectivity index (χ3n) is 6.54. The first kappa shape index (κ1) is 21.5. The molecule has 0 saturated heterocycles. The minimum absolute atomic E-state index is 0.144. The van der Waals surface area contributed by atoms with Crippen molar-refractivity contribution in [2.75, 3.05) is 13.7 Å². The first-order chi connectivity index (χ1) is 14.1. The third-order valence-corrected chi connectivity index (χ3v) is 6.54. The summed E-state index contributed by atoms with van der Waals surface area (Å²) in [6, 6.07) is 8.99. The molecule has 3 rings (SSSR count). The number of aryl methyl sites for hydroxylation is 2. The van der Waals surface area contributed by atoms with Crippen LogP contribution in [0.4, 0.5) is 0 Å². The van der Waals surface area contributed by atoms with E-state index in [1.165, 1.54) is 11.1 Å². The lowest BCUT2D eigenvalue weighted by Crippen LogP contribution is -2.45. The van der Waals surface area contributed by atoms with E-state index in [1.54, 1.807) is 19.8 Å². The van der Waals surface area contributed by atoms with Crippen molar-refractivity contribution in [2.24, 2.45) is 22.4 Å². The normalized spacial score (nSPS) is 26.0. The molecule has 0 aliphatic heterocycles. The molecule has 1 aliphatic carbocycles. The van der Waals surface area contributed by atoms with E-state index in [9.17, 15) is 5.11 Å². The van der Waals surface area contributed by atoms with E-state index in [0.29, 0.717) is 12.3 Å². The highest BCUT2D eigenvalue weighted by Gasteiger charge is 2.44. The molecule has 0 bridgehead atoms. The van der Waals surface area contributed by atoms with Crippen molar-refractivity contribution in [2.45, 2.75) is 58.9 Å². The second-order valence-corrected chi connectivity index (χ2v) is 8.42.